The van der Waals surface area contributed by atoms with Crippen LogP contribution in [0.1, 0.15) is 29.8 Å². The average Bonchev–Trinajstić information content (AvgIpc) is 3.22. The molecule has 1 amide bonds. The van der Waals surface area contributed by atoms with Gasteiger partial charge in [-0.2, -0.15) is 0 Å². The molecular weight excluding hydrogens is 358 g/mol. The number of nitrogens with one attached hydrogen (secondary N) is 1. The Morgan fingerprint density at radius 3 is 2.65 bits per heavy atom. The highest BCUT2D eigenvalue weighted by Gasteiger charge is 2.40. The lowest BCUT2D eigenvalue weighted by Crippen LogP contribution is -2.45. The normalized spacial score (nSPS) is 26.9. The predicted octanol–water partition coefficient (Wildman–Crippen LogP) is 0.342. The number of hydrogen-bond acceptors (Lipinski definition) is 7. The molecule has 1 N–H and O–H groups in total. The molecule has 3 aliphatic rings. The van der Waals surface area contributed by atoms with Gasteiger partial charge in [-0.3, -0.25) is 9.78 Å². The highest BCUT2D eigenvalue weighted by atomic mass is 32.2. The number of aromatic nitrogens is 1. The molecule has 0 radical (unpaired) electrons. The fraction of sp³-hybridized carbons (Fsp3) is 0.647. The van der Waals surface area contributed by atoms with Crippen molar-refractivity contribution in [3.63, 3.8) is 0 Å². The van der Waals surface area contributed by atoms with Gasteiger partial charge in [0, 0.05) is 43.9 Å². The Balaban J connectivity index is 1.39. The number of anilines is 1. The minimum atomic E-state index is -3.03. The molecule has 8 nitrogen and oxygen atoms in total. The maximum absolute atomic E-state index is 12.4. The summed E-state index contributed by atoms with van der Waals surface area (Å²) < 4.78 is 34.6. The zero-order valence-corrected chi connectivity index (χ0v) is 15.3. The molecule has 3 aliphatic heterocycles. The van der Waals surface area contributed by atoms with Gasteiger partial charge >= 0.3 is 0 Å². The third-order valence-corrected chi connectivity index (χ3v) is 7.02. The summed E-state index contributed by atoms with van der Waals surface area (Å²) in [6.07, 6.45) is 3.65. The number of pyridine rings is 1. The van der Waals surface area contributed by atoms with Crippen molar-refractivity contribution in [1.82, 2.24) is 10.3 Å². The van der Waals surface area contributed by atoms with Crippen molar-refractivity contribution in [2.45, 2.75) is 31.1 Å². The number of rotatable bonds is 3. The molecule has 1 unspecified atom stereocenters. The number of carbonyl (C=O) groups is 1. The molecule has 1 spiro atoms. The van der Waals surface area contributed by atoms with E-state index in [4.69, 9.17) is 9.47 Å². The lowest BCUT2D eigenvalue weighted by Gasteiger charge is -2.38. The van der Waals surface area contributed by atoms with Gasteiger partial charge in [0.2, 0.25) is 0 Å². The van der Waals surface area contributed by atoms with Crippen LogP contribution in [0.5, 0.6) is 0 Å². The zero-order valence-electron chi connectivity index (χ0n) is 14.5. The molecule has 3 fully saturated rings. The molecule has 1 aromatic rings. The van der Waals surface area contributed by atoms with E-state index in [0.29, 0.717) is 25.3 Å². The monoisotopic (exact) mass is 381 g/mol. The molecule has 0 bridgehead atoms. The smallest absolute Gasteiger partial charge is 0.270 e. The van der Waals surface area contributed by atoms with Crippen molar-refractivity contribution in [3.8, 4) is 0 Å². The molecule has 26 heavy (non-hydrogen) atoms. The van der Waals surface area contributed by atoms with Crippen LogP contribution in [0.2, 0.25) is 0 Å². The third kappa shape index (κ3) is 3.70. The van der Waals surface area contributed by atoms with E-state index in [-0.39, 0.29) is 23.5 Å². The van der Waals surface area contributed by atoms with E-state index in [0.717, 1.165) is 31.6 Å². The molecule has 1 aromatic heterocycles. The number of sulfone groups is 1. The van der Waals surface area contributed by atoms with Crippen molar-refractivity contribution in [1.29, 1.82) is 0 Å². The first-order chi connectivity index (χ1) is 12.4. The zero-order chi connectivity index (χ0) is 18.2. The van der Waals surface area contributed by atoms with Gasteiger partial charge in [-0.05, 0) is 18.6 Å². The largest absolute Gasteiger partial charge is 0.371 e. The quantitative estimate of drug-likeness (QED) is 0.806. The molecule has 4 rings (SSSR count). The summed E-state index contributed by atoms with van der Waals surface area (Å²) in [6, 6.07) is 3.31. The minimum absolute atomic E-state index is 0.00659. The van der Waals surface area contributed by atoms with Crippen molar-refractivity contribution < 1.29 is 22.7 Å². The molecule has 142 valence electrons. The first-order valence-corrected chi connectivity index (χ1v) is 10.8. The van der Waals surface area contributed by atoms with Gasteiger partial charge in [0.05, 0.1) is 24.7 Å². The lowest BCUT2D eigenvalue weighted by atomic mass is 10.0. The lowest BCUT2D eigenvalue weighted by molar-refractivity contribution is -0.169. The van der Waals surface area contributed by atoms with Gasteiger partial charge in [0.1, 0.15) is 5.69 Å². The maximum Gasteiger partial charge on any atom is 0.270 e. The van der Waals surface area contributed by atoms with E-state index in [9.17, 15) is 13.2 Å². The summed E-state index contributed by atoms with van der Waals surface area (Å²) in [7, 11) is -3.03. The van der Waals surface area contributed by atoms with Crippen LogP contribution in [0.25, 0.3) is 0 Å². The third-order valence-electron chi connectivity index (χ3n) is 5.25. The second-order valence-electron chi connectivity index (χ2n) is 7.07. The Morgan fingerprint density at radius 2 is 2.00 bits per heavy atom. The molecule has 4 heterocycles. The molecule has 0 saturated carbocycles. The Bertz CT molecular complexity index is 781. The summed E-state index contributed by atoms with van der Waals surface area (Å²) >= 11 is 0. The number of ether oxygens (including phenoxy) is 2. The number of nitrogens with zero attached hydrogens (tertiary/aromatic N) is 2. The molecule has 0 aromatic carbocycles. The molecule has 3 saturated heterocycles. The van der Waals surface area contributed by atoms with Crippen LogP contribution in [0.3, 0.4) is 0 Å². The molecular formula is C17H23N3O5S. The van der Waals surface area contributed by atoms with Crippen LogP contribution in [-0.4, -0.2) is 68.9 Å². The highest BCUT2D eigenvalue weighted by Crippen LogP contribution is 2.33. The van der Waals surface area contributed by atoms with Gasteiger partial charge in [-0.1, -0.05) is 0 Å². The molecule has 9 heteroatoms. The van der Waals surface area contributed by atoms with Gasteiger partial charge in [0.25, 0.3) is 5.91 Å². The number of hydrogen-bond donors (Lipinski definition) is 1. The molecule has 0 aliphatic carbocycles. The second kappa shape index (κ2) is 6.79. The second-order valence-corrected chi connectivity index (χ2v) is 9.30. The maximum atomic E-state index is 12.4. The SMILES string of the molecule is O=C(NC1CCS(=O)(=O)C1)c1cc(N2CCC3(CC2)OCCO3)ccn1. The van der Waals surface area contributed by atoms with Crippen LogP contribution >= 0.6 is 0 Å². The number of carbonyl (C=O) groups excluding carboxylic acids is 1. The van der Waals surface area contributed by atoms with E-state index >= 15 is 0 Å². The van der Waals surface area contributed by atoms with Crippen LogP contribution < -0.4 is 10.2 Å². The van der Waals surface area contributed by atoms with Gasteiger partial charge in [-0.15, -0.1) is 0 Å². The van der Waals surface area contributed by atoms with Crippen LogP contribution in [0, 0.1) is 0 Å². The Labute approximate surface area is 152 Å². The fourth-order valence-corrected chi connectivity index (χ4v) is 5.47. The summed E-state index contributed by atoms with van der Waals surface area (Å²) in [4.78, 5) is 18.8. The van der Waals surface area contributed by atoms with Crippen LogP contribution in [-0.2, 0) is 19.3 Å². The van der Waals surface area contributed by atoms with E-state index < -0.39 is 15.6 Å². The Kier molecular flexibility index (Phi) is 4.62. The van der Waals surface area contributed by atoms with Gasteiger partial charge in [0.15, 0.2) is 15.6 Å². The van der Waals surface area contributed by atoms with E-state index in [1.54, 1.807) is 12.3 Å². The van der Waals surface area contributed by atoms with Crippen molar-refractivity contribution in [2.75, 3.05) is 42.7 Å². The van der Waals surface area contributed by atoms with Crippen molar-refractivity contribution >= 4 is 21.4 Å². The van der Waals surface area contributed by atoms with E-state index in [1.165, 1.54) is 0 Å². The van der Waals surface area contributed by atoms with E-state index in [1.807, 2.05) is 6.07 Å². The first-order valence-electron chi connectivity index (χ1n) is 8.95. The summed E-state index contributed by atoms with van der Waals surface area (Å²) in [5.74, 6) is -0.625. The predicted molar refractivity (Wildman–Crippen MR) is 94.8 cm³/mol. The van der Waals surface area contributed by atoms with Gasteiger partial charge in [-0.25, -0.2) is 8.42 Å². The number of piperidine rings is 1. The summed E-state index contributed by atoms with van der Waals surface area (Å²) in [6.45, 7) is 2.87. The number of amides is 1. The highest BCUT2D eigenvalue weighted by molar-refractivity contribution is 7.91. The summed E-state index contributed by atoms with van der Waals surface area (Å²) in [5, 5.41) is 2.78. The minimum Gasteiger partial charge on any atom is -0.371 e. The van der Waals surface area contributed by atoms with E-state index in [2.05, 4.69) is 15.2 Å². The Hall–Kier alpha value is -1.71. The van der Waals surface area contributed by atoms with Crippen LogP contribution in [0.4, 0.5) is 5.69 Å². The summed E-state index contributed by atoms with van der Waals surface area (Å²) in [5.41, 5.74) is 1.23. The topological polar surface area (TPSA) is 97.8 Å². The Morgan fingerprint density at radius 1 is 1.27 bits per heavy atom. The van der Waals surface area contributed by atoms with Gasteiger partial charge < -0.3 is 19.7 Å². The fourth-order valence-electron chi connectivity index (χ4n) is 3.80. The molecule has 1 atom stereocenters. The van der Waals surface area contributed by atoms with Crippen molar-refractivity contribution in [3.05, 3.63) is 24.0 Å². The first kappa shape index (κ1) is 17.7. The standard InChI is InChI=1S/C17H23N3O5S/c21-16(19-13-2-10-26(22,23)12-13)15-11-14(1-5-18-15)20-6-3-17(4-7-20)24-8-9-25-17/h1,5,11,13H,2-4,6-10,12H2,(H,19,21). The average molecular weight is 381 g/mol. The van der Waals surface area contributed by atoms with Crippen molar-refractivity contribution in [2.24, 2.45) is 0 Å². The van der Waals surface area contributed by atoms with Crippen LogP contribution in [0.15, 0.2) is 18.3 Å².